The molecule has 1 atom stereocenters. The van der Waals surface area contributed by atoms with Crippen LogP contribution in [0.15, 0.2) is 18.2 Å². The fraction of sp³-hybridized carbons (Fsp3) is 0.385. The van der Waals surface area contributed by atoms with Crippen molar-refractivity contribution in [2.75, 3.05) is 5.73 Å². The van der Waals surface area contributed by atoms with E-state index < -0.39 is 12.0 Å². The summed E-state index contributed by atoms with van der Waals surface area (Å²) in [7, 11) is 0. The molecule has 1 amide bonds. The Morgan fingerprint density at radius 3 is 2.81 bits per heavy atom. The lowest BCUT2D eigenvalue weighted by Crippen LogP contribution is -2.31. The van der Waals surface area contributed by atoms with E-state index in [2.05, 4.69) is 10.3 Å². The minimum absolute atomic E-state index is 0.0427. The summed E-state index contributed by atoms with van der Waals surface area (Å²) in [5.74, 6) is -1.11. The molecular weight excluding hydrogens is 285 g/mol. The maximum atomic E-state index is 13.1. The molecule has 1 aliphatic heterocycles. The topological polar surface area (TPSA) is 72.9 Å². The minimum Gasteiger partial charge on any atom is -0.399 e. The number of hydrogen-bond acceptors (Lipinski definition) is 3. The molecule has 1 unspecified atom stereocenters. The lowest BCUT2D eigenvalue weighted by Gasteiger charge is -2.15. The monoisotopic (exact) mass is 298 g/mol. The number of nitrogens with two attached hydrogens (primary N) is 1. The molecule has 112 valence electrons. The number of nitrogens with zero attached hydrogens (tertiary/aromatic N) is 2. The zero-order chi connectivity index (χ0) is 15.2. The number of imidazole rings is 1. The summed E-state index contributed by atoms with van der Waals surface area (Å²) < 4.78 is 40.5. The van der Waals surface area contributed by atoms with Gasteiger partial charge in [-0.15, -0.1) is 0 Å². The zero-order valence-corrected chi connectivity index (χ0v) is 10.9. The van der Waals surface area contributed by atoms with Crippen LogP contribution in [0.1, 0.15) is 18.7 Å². The largest absolute Gasteiger partial charge is 0.449 e. The van der Waals surface area contributed by atoms with Gasteiger partial charge >= 0.3 is 6.18 Å². The quantitative estimate of drug-likeness (QED) is 0.832. The first-order valence-corrected chi connectivity index (χ1v) is 6.47. The Kier molecular flexibility index (Phi) is 3.03. The second-order valence-electron chi connectivity index (χ2n) is 5.10. The van der Waals surface area contributed by atoms with Crippen LogP contribution < -0.4 is 11.1 Å². The van der Waals surface area contributed by atoms with Gasteiger partial charge in [0.15, 0.2) is 0 Å². The van der Waals surface area contributed by atoms with Gasteiger partial charge in [0.05, 0.1) is 11.0 Å². The normalized spacial score (nSPS) is 19.2. The molecule has 21 heavy (non-hydrogen) atoms. The van der Waals surface area contributed by atoms with Crippen molar-refractivity contribution in [1.82, 2.24) is 14.9 Å². The van der Waals surface area contributed by atoms with E-state index >= 15 is 0 Å². The molecular formula is C13H13F3N4O. The van der Waals surface area contributed by atoms with Crippen LogP contribution in [0.5, 0.6) is 0 Å². The number of benzene rings is 1. The van der Waals surface area contributed by atoms with Crippen LogP contribution in [0, 0.1) is 0 Å². The highest BCUT2D eigenvalue weighted by molar-refractivity contribution is 5.80. The fourth-order valence-corrected chi connectivity index (χ4v) is 2.58. The average Bonchev–Trinajstić information content (AvgIpc) is 2.93. The lowest BCUT2D eigenvalue weighted by atomic mass is 10.2. The Balaban J connectivity index is 2.07. The molecule has 3 rings (SSSR count). The highest BCUT2D eigenvalue weighted by Gasteiger charge is 2.38. The molecule has 0 radical (unpaired) electrons. The van der Waals surface area contributed by atoms with Crippen molar-refractivity contribution in [2.24, 2.45) is 0 Å². The van der Waals surface area contributed by atoms with Crippen LogP contribution in [-0.4, -0.2) is 21.5 Å². The molecule has 1 saturated heterocycles. The number of anilines is 1. The van der Waals surface area contributed by atoms with Crippen molar-refractivity contribution < 1.29 is 18.0 Å². The Morgan fingerprint density at radius 1 is 1.43 bits per heavy atom. The van der Waals surface area contributed by atoms with E-state index in [1.54, 1.807) is 0 Å². The maximum absolute atomic E-state index is 13.1. The summed E-state index contributed by atoms with van der Waals surface area (Å²) in [4.78, 5) is 14.8. The van der Waals surface area contributed by atoms with Gasteiger partial charge in [-0.1, -0.05) is 0 Å². The van der Waals surface area contributed by atoms with Crippen LogP contribution in [0.2, 0.25) is 0 Å². The van der Waals surface area contributed by atoms with Crippen LogP contribution in [0.25, 0.3) is 11.0 Å². The highest BCUT2D eigenvalue weighted by atomic mass is 19.4. The number of alkyl halides is 3. The lowest BCUT2D eigenvalue weighted by molar-refractivity contribution is -0.147. The first-order chi connectivity index (χ1) is 9.84. The molecule has 1 fully saturated rings. The SMILES string of the molecule is Nc1ccc2c(c1)nc(C(F)(F)F)n2CC1CCC(=O)N1. The Bertz CT molecular complexity index is 707. The highest BCUT2D eigenvalue weighted by Crippen LogP contribution is 2.32. The van der Waals surface area contributed by atoms with Crippen molar-refractivity contribution in [1.29, 1.82) is 0 Å². The summed E-state index contributed by atoms with van der Waals surface area (Å²) >= 11 is 0. The molecule has 2 heterocycles. The predicted octanol–water partition coefficient (Wildman–Crippen LogP) is 1.92. The number of aromatic nitrogens is 2. The third-order valence-corrected chi connectivity index (χ3v) is 3.51. The Labute approximate surface area is 117 Å². The fourth-order valence-electron chi connectivity index (χ4n) is 2.58. The summed E-state index contributed by atoms with van der Waals surface area (Å²) in [6.07, 6.45) is -3.70. The van der Waals surface area contributed by atoms with Crippen LogP contribution in [0.4, 0.5) is 18.9 Å². The van der Waals surface area contributed by atoms with Gasteiger partial charge in [0.25, 0.3) is 0 Å². The number of nitrogens with one attached hydrogen (secondary N) is 1. The molecule has 8 heteroatoms. The molecule has 2 aromatic rings. The van der Waals surface area contributed by atoms with Gasteiger partial charge in [-0.2, -0.15) is 13.2 Å². The van der Waals surface area contributed by atoms with Crippen molar-refractivity contribution in [2.45, 2.75) is 31.6 Å². The van der Waals surface area contributed by atoms with E-state index in [0.29, 0.717) is 24.0 Å². The molecule has 0 spiro atoms. The summed E-state index contributed by atoms with van der Waals surface area (Å²) in [6, 6.07) is 4.15. The number of amides is 1. The molecule has 0 aliphatic carbocycles. The van der Waals surface area contributed by atoms with E-state index in [1.165, 1.54) is 18.2 Å². The first-order valence-electron chi connectivity index (χ1n) is 6.47. The molecule has 0 saturated carbocycles. The number of fused-ring (bicyclic) bond motifs is 1. The number of nitrogen functional groups attached to an aromatic ring is 1. The van der Waals surface area contributed by atoms with Crippen LogP contribution in [0.3, 0.4) is 0 Å². The number of carbonyl (C=O) groups is 1. The number of hydrogen-bond donors (Lipinski definition) is 2. The van der Waals surface area contributed by atoms with E-state index in [0.717, 1.165) is 4.57 Å². The minimum atomic E-state index is -4.56. The molecule has 3 N–H and O–H groups in total. The van der Waals surface area contributed by atoms with E-state index in [9.17, 15) is 18.0 Å². The van der Waals surface area contributed by atoms with Crippen LogP contribution in [-0.2, 0) is 17.5 Å². The molecule has 1 aromatic carbocycles. The molecule has 0 bridgehead atoms. The van der Waals surface area contributed by atoms with Gasteiger partial charge in [-0.05, 0) is 24.6 Å². The standard InChI is InChI=1S/C13H13F3N4O/c14-13(15,16)12-19-9-5-7(17)1-3-10(9)20(12)6-8-2-4-11(21)18-8/h1,3,5,8H,2,4,6,17H2,(H,18,21). The molecule has 1 aliphatic rings. The second-order valence-corrected chi connectivity index (χ2v) is 5.10. The van der Waals surface area contributed by atoms with Crippen molar-refractivity contribution in [3.63, 3.8) is 0 Å². The van der Waals surface area contributed by atoms with Crippen LogP contribution >= 0.6 is 0 Å². The van der Waals surface area contributed by atoms with E-state index in [4.69, 9.17) is 5.73 Å². The smallest absolute Gasteiger partial charge is 0.399 e. The van der Waals surface area contributed by atoms with Crippen molar-refractivity contribution in [3.8, 4) is 0 Å². The van der Waals surface area contributed by atoms with Gasteiger partial charge in [-0.3, -0.25) is 4.79 Å². The Morgan fingerprint density at radius 2 is 2.19 bits per heavy atom. The summed E-state index contributed by atoms with van der Waals surface area (Å²) in [5, 5.41) is 2.67. The number of halogens is 3. The predicted molar refractivity (Wildman–Crippen MR) is 70.3 cm³/mol. The third-order valence-electron chi connectivity index (χ3n) is 3.51. The van der Waals surface area contributed by atoms with Crippen molar-refractivity contribution >= 4 is 22.6 Å². The number of carbonyl (C=O) groups excluding carboxylic acids is 1. The van der Waals surface area contributed by atoms with Gasteiger partial charge in [0.2, 0.25) is 11.7 Å². The van der Waals surface area contributed by atoms with Gasteiger partial charge in [-0.25, -0.2) is 4.98 Å². The van der Waals surface area contributed by atoms with E-state index in [-0.39, 0.29) is 24.0 Å². The van der Waals surface area contributed by atoms with Gasteiger partial charge in [0, 0.05) is 24.7 Å². The van der Waals surface area contributed by atoms with Crippen molar-refractivity contribution in [3.05, 3.63) is 24.0 Å². The third kappa shape index (κ3) is 2.53. The average molecular weight is 298 g/mol. The van der Waals surface area contributed by atoms with Gasteiger partial charge in [0.1, 0.15) is 0 Å². The van der Waals surface area contributed by atoms with Gasteiger partial charge < -0.3 is 15.6 Å². The maximum Gasteiger partial charge on any atom is 0.449 e. The molecule has 1 aromatic heterocycles. The zero-order valence-electron chi connectivity index (χ0n) is 10.9. The second kappa shape index (κ2) is 4.64. The summed E-state index contributed by atoms with van der Waals surface area (Å²) in [6.45, 7) is 0.0427. The first kappa shape index (κ1) is 13.7. The summed E-state index contributed by atoms with van der Waals surface area (Å²) in [5.41, 5.74) is 6.50. The molecule has 5 nitrogen and oxygen atoms in total. The van der Waals surface area contributed by atoms with E-state index in [1.807, 2.05) is 0 Å². The Hall–Kier alpha value is -2.25. The number of rotatable bonds is 2.